The predicted molar refractivity (Wildman–Crippen MR) is 236 cm³/mol. The summed E-state index contributed by atoms with van der Waals surface area (Å²) in [5.41, 5.74) is 9.94. The van der Waals surface area contributed by atoms with Crippen LogP contribution in [0, 0.1) is 0 Å². The first-order chi connectivity index (χ1) is 28.2. The van der Waals surface area contributed by atoms with Gasteiger partial charge in [-0.2, -0.15) is 0 Å². The third kappa shape index (κ3) is 5.04. The van der Waals surface area contributed by atoms with E-state index in [1.807, 2.05) is 18.2 Å². The third-order valence-electron chi connectivity index (χ3n) is 11.1. The van der Waals surface area contributed by atoms with Crippen LogP contribution in [0.1, 0.15) is 0 Å². The average Bonchev–Trinajstić information content (AvgIpc) is 3.96. The van der Waals surface area contributed by atoms with Crippen LogP contribution in [0.4, 0.5) is 0 Å². The van der Waals surface area contributed by atoms with Gasteiger partial charge in [-0.3, -0.25) is 0 Å². The summed E-state index contributed by atoms with van der Waals surface area (Å²) >= 11 is 1.80. The summed E-state index contributed by atoms with van der Waals surface area (Å²) in [5, 5.41) is 6.78. The fraction of sp³-hybridized carbons (Fsp3) is 0. The number of furan rings is 1. The Hall–Kier alpha value is -7.41. The molecule has 4 aromatic heterocycles. The van der Waals surface area contributed by atoms with Gasteiger partial charge in [0.05, 0.1) is 16.4 Å². The molecule has 0 fully saturated rings. The molecule has 0 N–H and O–H groups in total. The fourth-order valence-electron chi connectivity index (χ4n) is 8.45. The molecular formula is C51H30N4OS. The molecule has 0 aliphatic carbocycles. The smallest absolute Gasteiger partial charge is 0.164 e. The van der Waals surface area contributed by atoms with E-state index in [9.17, 15) is 0 Å². The number of thiophene rings is 1. The van der Waals surface area contributed by atoms with Gasteiger partial charge in [0.1, 0.15) is 11.2 Å². The van der Waals surface area contributed by atoms with Crippen molar-refractivity contribution in [1.29, 1.82) is 0 Å². The minimum Gasteiger partial charge on any atom is -0.456 e. The maximum Gasteiger partial charge on any atom is 0.164 e. The Morgan fingerprint density at radius 2 is 1.04 bits per heavy atom. The van der Waals surface area contributed by atoms with Gasteiger partial charge in [0.2, 0.25) is 0 Å². The zero-order valence-electron chi connectivity index (χ0n) is 30.4. The van der Waals surface area contributed by atoms with Crippen molar-refractivity contribution in [3.05, 3.63) is 182 Å². The minimum atomic E-state index is 0.588. The summed E-state index contributed by atoms with van der Waals surface area (Å²) in [6.45, 7) is 0. The maximum atomic E-state index is 6.69. The molecule has 266 valence electrons. The Balaban J connectivity index is 1.13. The van der Waals surface area contributed by atoms with Crippen LogP contribution in [-0.2, 0) is 0 Å². The molecule has 0 unspecified atom stereocenters. The van der Waals surface area contributed by atoms with Crippen molar-refractivity contribution in [2.45, 2.75) is 0 Å². The van der Waals surface area contributed by atoms with E-state index in [-0.39, 0.29) is 0 Å². The van der Waals surface area contributed by atoms with Gasteiger partial charge in [-0.1, -0.05) is 121 Å². The van der Waals surface area contributed by atoms with E-state index in [0.717, 1.165) is 71.9 Å². The normalized spacial score (nSPS) is 11.9. The largest absolute Gasteiger partial charge is 0.456 e. The van der Waals surface area contributed by atoms with E-state index in [4.69, 9.17) is 19.4 Å². The predicted octanol–water partition coefficient (Wildman–Crippen LogP) is 13.9. The van der Waals surface area contributed by atoms with Gasteiger partial charge in [-0.05, 0) is 71.8 Å². The Morgan fingerprint density at radius 1 is 0.404 bits per heavy atom. The van der Waals surface area contributed by atoms with Crippen LogP contribution in [0.5, 0.6) is 0 Å². The van der Waals surface area contributed by atoms with Crippen molar-refractivity contribution in [3.63, 3.8) is 0 Å². The number of benzene rings is 8. The van der Waals surface area contributed by atoms with Crippen LogP contribution in [-0.4, -0.2) is 19.5 Å². The first-order valence-corrected chi connectivity index (χ1v) is 19.8. The van der Waals surface area contributed by atoms with Crippen molar-refractivity contribution < 1.29 is 4.42 Å². The highest BCUT2D eigenvalue weighted by Gasteiger charge is 2.23. The minimum absolute atomic E-state index is 0.588. The average molecular weight is 747 g/mol. The quantitative estimate of drug-likeness (QED) is 0.176. The number of fused-ring (bicyclic) bond motifs is 10. The number of aromatic nitrogens is 4. The first kappa shape index (κ1) is 31.9. The molecule has 12 aromatic rings. The second-order valence-corrected chi connectivity index (χ2v) is 15.4. The molecule has 0 spiro atoms. The highest BCUT2D eigenvalue weighted by molar-refractivity contribution is 7.25. The molecule has 0 saturated heterocycles. The molecule has 8 aromatic carbocycles. The molecule has 0 aliphatic heterocycles. The number of para-hydroxylation sites is 2. The van der Waals surface area contributed by atoms with E-state index in [0.29, 0.717) is 17.5 Å². The lowest BCUT2D eigenvalue weighted by Gasteiger charge is -2.11. The summed E-state index contributed by atoms with van der Waals surface area (Å²) < 4.78 is 11.5. The van der Waals surface area contributed by atoms with Crippen LogP contribution in [0.25, 0.3) is 115 Å². The Labute approximate surface area is 330 Å². The Bertz CT molecular complexity index is 3510. The van der Waals surface area contributed by atoms with Crippen LogP contribution in [0.3, 0.4) is 0 Å². The molecule has 57 heavy (non-hydrogen) atoms. The zero-order valence-corrected chi connectivity index (χ0v) is 31.2. The molecule has 0 radical (unpaired) electrons. The van der Waals surface area contributed by atoms with Crippen molar-refractivity contribution in [1.82, 2.24) is 19.5 Å². The van der Waals surface area contributed by atoms with Crippen molar-refractivity contribution in [3.8, 4) is 51.0 Å². The van der Waals surface area contributed by atoms with Gasteiger partial charge in [0.25, 0.3) is 0 Å². The Morgan fingerprint density at radius 3 is 1.88 bits per heavy atom. The van der Waals surface area contributed by atoms with Crippen molar-refractivity contribution in [2.24, 2.45) is 0 Å². The first-order valence-electron chi connectivity index (χ1n) is 19.0. The standard InChI is InChI=1S/C51H30N4OS/c1-3-12-31(13-4-1)32-22-24-33(25-23-32)49-52-50(34-26-29-45-40(30-34)37-17-8-10-21-44(37)57-45)54-51(53-49)39-18-11-20-42-46(39)47-43(56-42)28-27-38-36-16-7-9-19-41(36)55(48(38)47)35-14-5-2-6-15-35/h1-30H. The fourth-order valence-corrected chi connectivity index (χ4v) is 9.54. The Kier molecular flexibility index (Phi) is 7.03. The van der Waals surface area contributed by atoms with Crippen LogP contribution < -0.4 is 0 Å². The molecule has 0 bridgehead atoms. The lowest BCUT2D eigenvalue weighted by atomic mass is 10.0. The second-order valence-electron chi connectivity index (χ2n) is 14.4. The summed E-state index contributed by atoms with van der Waals surface area (Å²) in [5.74, 6) is 1.82. The summed E-state index contributed by atoms with van der Waals surface area (Å²) in [7, 11) is 0. The lowest BCUT2D eigenvalue weighted by molar-refractivity contribution is 0.669. The van der Waals surface area contributed by atoms with E-state index in [1.165, 1.54) is 25.6 Å². The van der Waals surface area contributed by atoms with Crippen LogP contribution in [0.15, 0.2) is 186 Å². The monoisotopic (exact) mass is 746 g/mol. The summed E-state index contributed by atoms with van der Waals surface area (Å²) in [6, 6.07) is 63.7. The number of hydrogen-bond acceptors (Lipinski definition) is 5. The molecule has 6 heteroatoms. The molecule has 0 amide bonds. The van der Waals surface area contributed by atoms with Gasteiger partial charge in [-0.15, -0.1) is 11.3 Å². The number of nitrogens with zero attached hydrogens (tertiary/aromatic N) is 4. The lowest BCUT2D eigenvalue weighted by Crippen LogP contribution is -2.00. The van der Waals surface area contributed by atoms with Crippen LogP contribution in [0.2, 0.25) is 0 Å². The van der Waals surface area contributed by atoms with Gasteiger partial charge >= 0.3 is 0 Å². The topological polar surface area (TPSA) is 56.7 Å². The summed E-state index contributed by atoms with van der Waals surface area (Å²) in [4.78, 5) is 15.8. The highest BCUT2D eigenvalue weighted by atomic mass is 32.1. The molecule has 5 nitrogen and oxygen atoms in total. The SMILES string of the molecule is c1ccc(-c2ccc(-c3nc(-c4ccc5sc6ccccc6c5c4)nc(-c4cccc5oc6ccc7c8ccccc8n(-c8ccccc8)c7c6c45)n3)cc2)cc1. The molecular weight excluding hydrogens is 717 g/mol. The van der Waals surface area contributed by atoms with E-state index < -0.39 is 0 Å². The maximum absolute atomic E-state index is 6.69. The third-order valence-corrected chi connectivity index (χ3v) is 12.2. The van der Waals surface area contributed by atoms with Gasteiger partial charge in [0.15, 0.2) is 17.5 Å². The molecule has 0 saturated carbocycles. The second kappa shape index (κ2) is 12.6. The van der Waals surface area contributed by atoms with Crippen molar-refractivity contribution >= 4 is 75.3 Å². The van der Waals surface area contributed by atoms with Gasteiger partial charge in [0, 0.05) is 58.7 Å². The number of hydrogen-bond donors (Lipinski definition) is 0. The summed E-state index contributed by atoms with van der Waals surface area (Å²) in [6.07, 6.45) is 0. The zero-order chi connectivity index (χ0) is 37.5. The van der Waals surface area contributed by atoms with Gasteiger partial charge in [-0.25, -0.2) is 15.0 Å². The number of rotatable bonds is 5. The van der Waals surface area contributed by atoms with E-state index in [1.54, 1.807) is 11.3 Å². The molecule has 0 aliphatic rings. The molecule has 0 atom stereocenters. The molecule has 12 rings (SSSR count). The van der Waals surface area contributed by atoms with E-state index in [2.05, 4.69) is 168 Å². The van der Waals surface area contributed by atoms with E-state index >= 15 is 0 Å². The highest BCUT2D eigenvalue weighted by Crippen LogP contribution is 2.44. The molecule has 4 heterocycles. The van der Waals surface area contributed by atoms with Crippen molar-refractivity contribution in [2.75, 3.05) is 0 Å². The van der Waals surface area contributed by atoms with Gasteiger partial charge < -0.3 is 8.98 Å². The van der Waals surface area contributed by atoms with Crippen LogP contribution >= 0.6 is 11.3 Å².